The monoisotopic (exact) mass is 420 g/mol. The van der Waals surface area contributed by atoms with Gasteiger partial charge in [0.05, 0.1) is 0 Å². The van der Waals surface area contributed by atoms with Crippen molar-refractivity contribution in [3.8, 4) is 0 Å². The van der Waals surface area contributed by atoms with E-state index >= 15 is 0 Å². The summed E-state index contributed by atoms with van der Waals surface area (Å²) < 4.78 is 0. The van der Waals surface area contributed by atoms with Gasteiger partial charge in [-0.1, -0.05) is 24.3 Å². The average Bonchev–Trinajstić information content (AvgIpc) is 3.33. The smallest absolute Gasteiger partial charge is 0.255 e. The number of anilines is 1. The first-order chi connectivity index (χ1) is 15.1. The molecule has 2 aliphatic heterocycles. The lowest BCUT2D eigenvalue weighted by Gasteiger charge is -2.35. The SMILES string of the molecule is Cc1ccc(C(=O)N2CCN(CCN3CCCC3)CC2)cc1NC(=O)c1ccccc1. The lowest BCUT2D eigenvalue weighted by Crippen LogP contribution is -2.50. The van der Waals surface area contributed by atoms with Gasteiger partial charge in [0.2, 0.25) is 0 Å². The molecule has 2 amide bonds. The van der Waals surface area contributed by atoms with Crippen molar-refractivity contribution in [2.45, 2.75) is 19.8 Å². The van der Waals surface area contributed by atoms with Gasteiger partial charge in [-0.15, -0.1) is 0 Å². The van der Waals surface area contributed by atoms with Gasteiger partial charge < -0.3 is 15.1 Å². The Morgan fingerprint density at radius 1 is 0.806 bits per heavy atom. The molecular weight excluding hydrogens is 388 g/mol. The lowest BCUT2D eigenvalue weighted by atomic mass is 10.1. The molecule has 2 aromatic carbocycles. The van der Waals surface area contributed by atoms with Crippen molar-refractivity contribution >= 4 is 17.5 Å². The molecule has 2 aromatic rings. The summed E-state index contributed by atoms with van der Waals surface area (Å²) in [6.45, 7) is 9.96. The third kappa shape index (κ3) is 5.51. The van der Waals surface area contributed by atoms with Crippen LogP contribution >= 0.6 is 0 Å². The largest absolute Gasteiger partial charge is 0.336 e. The van der Waals surface area contributed by atoms with Crippen LogP contribution in [0.15, 0.2) is 48.5 Å². The molecule has 31 heavy (non-hydrogen) atoms. The molecule has 4 rings (SSSR count). The molecule has 0 unspecified atom stereocenters. The number of hydrogen-bond donors (Lipinski definition) is 1. The molecule has 0 radical (unpaired) electrons. The fraction of sp³-hybridized carbons (Fsp3) is 0.440. The van der Waals surface area contributed by atoms with Gasteiger partial charge in [-0.25, -0.2) is 0 Å². The van der Waals surface area contributed by atoms with E-state index in [0.29, 0.717) is 16.8 Å². The second kappa shape index (κ2) is 10.1. The first-order valence-electron chi connectivity index (χ1n) is 11.3. The van der Waals surface area contributed by atoms with Gasteiger partial charge in [-0.3, -0.25) is 14.5 Å². The fourth-order valence-corrected chi connectivity index (χ4v) is 4.32. The van der Waals surface area contributed by atoms with Crippen LogP contribution in [-0.2, 0) is 0 Å². The van der Waals surface area contributed by atoms with Crippen molar-refractivity contribution in [2.24, 2.45) is 0 Å². The van der Waals surface area contributed by atoms with Gasteiger partial charge in [0.25, 0.3) is 11.8 Å². The molecule has 2 fully saturated rings. The fourth-order valence-electron chi connectivity index (χ4n) is 4.32. The third-order valence-electron chi connectivity index (χ3n) is 6.36. The molecule has 2 saturated heterocycles. The highest BCUT2D eigenvalue weighted by molar-refractivity contribution is 6.05. The van der Waals surface area contributed by atoms with Gasteiger partial charge >= 0.3 is 0 Å². The number of rotatable bonds is 6. The molecule has 0 bridgehead atoms. The summed E-state index contributed by atoms with van der Waals surface area (Å²) in [4.78, 5) is 32.5. The van der Waals surface area contributed by atoms with E-state index in [1.54, 1.807) is 18.2 Å². The highest BCUT2D eigenvalue weighted by Gasteiger charge is 2.23. The van der Waals surface area contributed by atoms with Gasteiger partial charge in [-0.2, -0.15) is 0 Å². The summed E-state index contributed by atoms with van der Waals surface area (Å²) in [5.41, 5.74) is 2.85. The van der Waals surface area contributed by atoms with Crippen molar-refractivity contribution in [3.63, 3.8) is 0 Å². The van der Waals surface area contributed by atoms with Crippen molar-refractivity contribution in [1.82, 2.24) is 14.7 Å². The number of benzene rings is 2. The Morgan fingerprint density at radius 2 is 1.45 bits per heavy atom. The zero-order chi connectivity index (χ0) is 21.6. The van der Waals surface area contributed by atoms with E-state index in [4.69, 9.17) is 0 Å². The number of piperazine rings is 1. The molecule has 1 N–H and O–H groups in total. The molecule has 0 atom stereocenters. The maximum Gasteiger partial charge on any atom is 0.255 e. The van der Waals surface area contributed by atoms with Gasteiger partial charge in [0.15, 0.2) is 0 Å². The maximum absolute atomic E-state index is 13.1. The van der Waals surface area contributed by atoms with Crippen LogP contribution in [0.5, 0.6) is 0 Å². The summed E-state index contributed by atoms with van der Waals surface area (Å²) in [7, 11) is 0. The van der Waals surface area contributed by atoms with Crippen LogP contribution in [0.25, 0.3) is 0 Å². The van der Waals surface area contributed by atoms with Crippen molar-refractivity contribution in [2.75, 3.05) is 57.7 Å². The second-order valence-electron chi connectivity index (χ2n) is 8.53. The Bertz CT molecular complexity index is 901. The van der Waals surface area contributed by atoms with Gasteiger partial charge in [0, 0.05) is 56.1 Å². The first-order valence-corrected chi connectivity index (χ1v) is 11.3. The minimum Gasteiger partial charge on any atom is -0.336 e. The molecule has 164 valence electrons. The van der Waals surface area contributed by atoms with Crippen LogP contribution in [0.2, 0.25) is 0 Å². The van der Waals surface area contributed by atoms with Crippen molar-refractivity contribution in [3.05, 3.63) is 65.2 Å². The lowest BCUT2D eigenvalue weighted by molar-refractivity contribution is 0.0626. The topological polar surface area (TPSA) is 55.9 Å². The number of amides is 2. The van der Waals surface area contributed by atoms with Crippen LogP contribution in [0.4, 0.5) is 5.69 Å². The zero-order valence-electron chi connectivity index (χ0n) is 18.3. The molecular formula is C25H32N4O2. The Balaban J connectivity index is 1.33. The minimum atomic E-state index is -0.167. The summed E-state index contributed by atoms with van der Waals surface area (Å²) in [6.07, 6.45) is 2.65. The Labute approximate surface area is 184 Å². The standard InChI is InChI=1S/C25H32N4O2/c1-20-9-10-22(19-23(20)26-24(30)21-7-3-2-4-8-21)25(31)29-17-15-28(16-18-29)14-13-27-11-5-6-12-27/h2-4,7-10,19H,5-6,11-18H2,1H3,(H,26,30). The van der Waals surface area contributed by atoms with E-state index in [1.807, 2.05) is 42.2 Å². The van der Waals surface area contributed by atoms with Crippen LogP contribution in [0, 0.1) is 6.92 Å². The summed E-state index contributed by atoms with van der Waals surface area (Å²) in [6, 6.07) is 14.7. The van der Waals surface area contributed by atoms with E-state index in [2.05, 4.69) is 15.1 Å². The maximum atomic E-state index is 13.1. The van der Waals surface area contributed by atoms with Crippen LogP contribution in [0.3, 0.4) is 0 Å². The minimum absolute atomic E-state index is 0.0365. The predicted molar refractivity (Wildman–Crippen MR) is 124 cm³/mol. The molecule has 0 saturated carbocycles. The number of aryl methyl sites for hydroxylation is 1. The predicted octanol–water partition coefficient (Wildman–Crippen LogP) is 3.10. The third-order valence-corrected chi connectivity index (χ3v) is 6.36. The highest BCUT2D eigenvalue weighted by atomic mass is 16.2. The van der Waals surface area contributed by atoms with Gasteiger partial charge in [-0.05, 0) is 62.7 Å². The summed E-state index contributed by atoms with van der Waals surface area (Å²) >= 11 is 0. The van der Waals surface area contributed by atoms with Gasteiger partial charge in [0.1, 0.15) is 0 Å². The van der Waals surface area contributed by atoms with E-state index in [9.17, 15) is 9.59 Å². The molecule has 2 heterocycles. The molecule has 6 nitrogen and oxygen atoms in total. The second-order valence-corrected chi connectivity index (χ2v) is 8.53. The summed E-state index contributed by atoms with van der Waals surface area (Å²) in [5, 5.41) is 2.95. The Morgan fingerprint density at radius 3 is 2.13 bits per heavy atom. The quantitative estimate of drug-likeness (QED) is 0.780. The number of nitrogens with zero attached hydrogens (tertiary/aromatic N) is 3. The molecule has 0 aliphatic carbocycles. The molecule has 0 spiro atoms. The molecule has 0 aromatic heterocycles. The normalized spacial score (nSPS) is 17.6. The van der Waals surface area contributed by atoms with Crippen LogP contribution in [-0.4, -0.2) is 78.9 Å². The number of carbonyl (C=O) groups is 2. The summed E-state index contributed by atoms with van der Waals surface area (Å²) in [5.74, 6) is -0.130. The first kappa shape index (κ1) is 21.5. The van der Waals surface area contributed by atoms with E-state index in [0.717, 1.165) is 44.8 Å². The number of carbonyl (C=O) groups excluding carboxylic acids is 2. The van der Waals surface area contributed by atoms with Crippen LogP contribution in [0.1, 0.15) is 39.1 Å². The van der Waals surface area contributed by atoms with E-state index in [1.165, 1.54) is 25.9 Å². The van der Waals surface area contributed by atoms with E-state index < -0.39 is 0 Å². The Kier molecular flexibility index (Phi) is 6.99. The van der Waals surface area contributed by atoms with E-state index in [-0.39, 0.29) is 11.8 Å². The number of likely N-dealkylation sites (tertiary alicyclic amines) is 1. The number of hydrogen-bond acceptors (Lipinski definition) is 4. The Hall–Kier alpha value is -2.70. The molecule has 6 heteroatoms. The highest BCUT2D eigenvalue weighted by Crippen LogP contribution is 2.20. The average molecular weight is 421 g/mol. The van der Waals surface area contributed by atoms with Crippen molar-refractivity contribution < 1.29 is 9.59 Å². The van der Waals surface area contributed by atoms with Crippen molar-refractivity contribution in [1.29, 1.82) is 0 Å². The van der Waals surface area contributed by atoms with Crippen LogP contribution < -0.4 is 5.32 Å². The zero-order valence-corrected chi connectivity index (χ0v) is 18.3. The number of nitrogens with one attached hydrogen (secondary N) is 1. The molecule has 2 aliphatic rings.